The molecule has 0 unspecified atom stereocenters. The Morgan fingerprint density at radius 3 is 2.90 bits per heavy atom. The topological polar surface area (TPSA) is 75.5 Å². The molecule has 6 nitrogen and oxygen atoms in total. The summed E-state index contributed by atoms with van der Waals surface area (Å²) in [6.07, 6.45) is 3.42. The van der Waals surface area contributed by atoms with Crippen LogP contribution in [0.4, 0.5) is 5.69 Å². The van der Waals surface area contributed by atoms with Gasteiger partial charge in [0, 0.05) is 18.7 Å². The Labute approximate surface area is 127 Å². The molecule has 1 amide bonds. The van der Waals surface area contributed by atoms with Crippen molar-refractivity contribution in [1.82, 2.24) is 10.2 Å². The van der Waals surface area contributed by atoms with Crippen molar-refractivity contribution in [1.29, 1.82) is 0 Å². The van der Waals surface area contributed by atoms with Crippen LogP contribution in [0.3, 0.4) is 0 Å². The van der Waals surface area contributed by atoms with Crippen molar-refractivity contribution in [3.63, 3.8) is 0 Å². The number of nitrogens with zero attached hydrogens (tertiary/aromatic N) is 2. The van der Waals surface area contributed by atoms with Gasteiger partial charge >= 0.3 is 0 Å². The molecule has 110 valence electrons. The molecule has 0 atom stereocenters. The number of unbranched alkanes of at least 4 members (excludes halogenated alkanes) is 1. The van der Waals surface area contributed by atoms with Gasteiger partial charge in [-0.15, -0.1) is 0 Å². The molecule has 0 aliphatic carbocycles. The summed E-state index contributed by atoms with van der Waals surface area (Å²) in [5, 5.41) is 14.0. The zero-order valence-corrected chi connectivity index (χ0v) is 12.4. The highest BCUT2D eigenvalue weighted by Gasteiger charge is 2.29. The van der Waals surface area contributed by atoms with E-state index in [-0.39, 0.29) is 11.6 Å². The average molecular weight is 305 g/mol. The van der Waals surface area contributed by atoms with Crippen LogP contribution in [0, 0.1) is 10.1 Å². The first kappa shape index (κ1) is 15.1. The van der Waals surface area contributed by atoms with Gasteiger partial charge in [-0.3, -0.25) is 19.8 Å². The van der Waals surface area contributed by atoms with Crippen molar-refractivity contribution < 1.29 is 9.72 Å². The number of nitrogens with one attached hydrogen (secondary N) is 1. The van der Waals surface area contributed by atoms with Crippen LogP contribution in [-0.2, 0) is 4.79 Å². The van der Waals surface area contributed by atoms with Crippen molar-refractivity contribution in [2.24, 2.45) is 0 Å². The van der Waals surface area contributed by atoms with Crippen LogP contribution in [0.15, 0.2) is 30.0 Å². The number of nitro groups is 1. The number of thiocarbonyl (C=S) groups is 1. The Kier molecular flexibility index (Phi) is 4.64. The number of carbonyl (C=O) groups excluding carboxylic acids is 1. The van der Waals surface area contributed by atoms with Gasteiger partial charge in [-0.25, -0.2) is 0 Å². The van der Waals surface area contributed by atoms with Crippen molar-refractivity contribution in [3.8, 4) is 0 Å². The summed E-state index contributed by atoms with van der Waals surface area (Å²) < 4.78 is 0. The van der Waals surface area contributed by atoms with E-state index in [0.717, 1.165) is 12.8 Å². The van der Waals surface area contributed by atoms with E-state index in [0.29, 0.717) is 22.9 Å². The number of amides is 1. The third kappa shape index (κ3) is 3.43. The van der Waals surface area contributed by atoms with Gasteiger partial charge in [0.25, 0.3) is 11.6 Å². The summed E-state index contributed by atoms with van der Waals surface area (Å²) >= 11 is 5.14. The molecule has 2 rings (SSSR count). The summed E-state index contributed by atoms with van der Waals surface area (Å²) in [7, 11) is 0. The van der Waals surface area contributed by atoms with Gasteiger partial charge < -0.3 is 5.32 Å². The Bertz CT molecular complexity index is 628. The molecule has 1 aromatic carbocycles. The fourth-order valence-corrected chi connectivity index (χ4v) is 2.27. The Hall–Kier alpha value is -2.28. The molecular weight excluding hydrogens is 290 g/mol. The summed E-state index contributed by atoms with van der Waals surface area (Å²) in [4.78, 5) is 24.0. The Morgan fingerprint density at radius 2 is 2.24 bits per heavy atom. The second kappa shape index (κ2) is 6.45. The van der Waals surface area contributed by atoms with E-state index in [1.807, 2.05) is 6.92 Å². The summed E-state index contributed by atoms with van der Waals surface area (Å²) in [6.45, 7) is 2.62. The largest absolute Gasteiger partial charge is 0.328 e. The van der Waals surface area contributed by atoms with Crippen LogP contribution in [0.25, 0.3) is 6.08 Å². The van der Waals surface area contributed by atoms with Gasteiger partial charge in [-0.2, -0.15) is 0 Å². The minimum Gasteiger partial charge on any atom is -0.328 e. The fourth-order valence-electron chi connectivity index (χ4n) is 1.99. The maximum absolute atomic E-state index is 12.2. The van der Waals surface area contributed by atoms with Gasteiger partial charge in [0.15, 0.2) is 5.11 Å². The lowest BCUT2D eigenvalue weighted by Crippen LogP contribution is -2.31. The van der Waals surface area contributed by atoms with Crippen molar-refractivity contribution in [3.05, 3.63) is 45.6 Å². The first-order valence-electron chi connectivity index (χ1n) is 6.62. The summed E-state index contributed by atoms with van der Waals surface area (Å²) in [6, 6.07) is 6.10. The molecule has 0 saturated carbocycles. The Balaban J connectivity index is 2.22. The lowest BCUT2D eigenvalue weighted by Gasteiger charge is -2.12. The van der Waals surface area contributed by atoms with E-state index in [1.165, 1.54) is 17.0 Å². The lowest BCUT2D eigenvalue weighted by atomic mass is 10.1. The number of carbonyl (C=O) groups is 1. The zero-order valence-electron chi connectivity index (χ0n) is 11.5. The maximum Gasteiger partial charge on any atom is 0.276 e. The molecule has 0 bridgehead atoms. The van der Waals surface area contributed by atoms with E-state index in [9.17, 15) is 14.9 Å². The molecule has 21 heavy (non-hydrogen) atoms. The number of rotatable bonds is 5. The van der Waals surface area contributed by atoms with Crippen LogP contribution < -0.4 is 5.32 Å². The monoisotopic (exact) mass is 305 g/mol. The quantitative estimate of drug-likeness (QED) is 0.391. The second-order valence-electron chi connectivity index (χ2n) is 4.65. The molecule has 7 heteroatoms. The average Bonchev–Trinajstić information content (AvgIpc) is 2.72. The Morgan fingerprint density at radius 1 is 1.48 bits per heavy atom. The van der Waals surface area contributed by atoms with Crippen molar-refractivity contribution in [2.75, 3.05) is 6.54 Å². The number of benzene rings is 1. The van der Waals surface area contributed by atoms with E-state index in [1.54, 1.807) is 18.2 Å². The van der Waals surface area contributed by atoms with Crippen LogP contribution in [-0.4, -0.2) is 27.4 Å². The molecular formula is C14H15N3O3S. The molecule has 0 radical (unpaired) electrons. The minimum atomic E-state index is -0.468. The van der Waals surface area contributed by atoms with Gasteiger partial charge in [-0.1, -0.05) is 25.5 Å². The molecule has 1 saturated heterocycles. The predicted octanol–water partition coefficient (Wildman–Crippen LogP) is 2.45. The van der Waals surface area contributed by atoms with Gasteiger partial charge in [-0.05, 0) is 30.3 Å². The van der Waals surface area contributed by atoms with Gasteiger partial charge in [0.2, 0.25) is 0 Å². The summed E-state index contributed by atoms with van der Waals surface area (Å²) in [5.41, 5.74) is 0.914. The zero-order chi connectivity index (χ0) is 15.4. The molecule has 1 aliphatic heterocycles. The van der Waals surface area contributed by atoms with Crippen LogP contribution >= 0.6 is 12.2 Å². The molecule has 0 spiro atoms. The standard InChI is InChI=1S/C14H15N3O3S/c1-2-3-7-16-13(18)12(15-14(16)21)9-10-5-4-6-11(8-10)17(19)20/h4-6,8-9H,2-3,7H2,1H3,(H,15,21)/b12-9+. The number of non-ortho nitro benzene ring substituents is 1. The summed E-state index contributed by atoms with van der Waals surface area (Å²) in [5.74, 6) is -0.194. The normalized spacial score (nSPS) is 16.4. The first-order valence-corrected chi connectivity index (χ1v) is 7.02. The SMILES string of the molecule is CCCCN1C(=O)/C(=C\c2cccc([N+](=O)[O-])c2)NC1=S. The molecule has 1 fully saturated rings. The van der Waals surface area contributed by atoms with E-state index in [2.05, 4.69) is 5.32 Å². The molecule has 1 aromatic rings. The maximum atomic E-state index is 12.2. The fraction of sp³-hybridized carbons (Fsp3) is 0.286. The van der Waals surface area contributed by atoms with Crippen molar-refractivity contribution in [2.45, 2.75) is 19.8 Å². The van der Waals surface area contributed by atoms with Crippen molar-refractivity contribution >= 4 is 35.0 Å². The third-order valence-electron chi connectivity index (χ3n) is 3.09. The molecule has 1 aliphatic rings. The van der Waals surface area contributed by atoms with Crippen LogP contribution in [0.1, 0.15) is 25.3 Å². The first-order chi connectivity index (χ1) is 10.0. The number of nitro benzene ring substituents is 1. The van der Waals surface area contributed by atoms with Gasteiger partial charge in [0.1, 0.15) is 5.70 Å². The van der Waals surface area contributed by atoms with Gasteiger partial charge in [0.05, 0.1) is 4.92 Å². The predicted molar refractivity (Wildman–Crippen MR) is 83.4 cm³/mol. The number of hydrogen-bond acceptors (Lipinski definition) is 4. The highest BCUT2D eigenvalue weighted by Crippen LogP contribution is 2.18. The molecule has 1 heterocycles. The van der Waals surface area contributed by atoms with E-state index < -0.39 is 4.92 Å². The highest BCUT2D eigenvalue weighted by atomic mass is 32.1. The molecule has 1 N–H and O–H groups in total. The van der Waals surface area contributed by atoms with Crippen LogP contribution in [0.2, 0.25) is 0 Å². The second-order valence-corrected chi connectivity index (χ2v) is 5.04. The number of hydrogen-bond donors (Lipinski definition) is 1. The minimum absolute atomic E-state index is 0.0137. The highest BCUT2D eigenvalue weighted by molar-refractivity contribution is 7.80. The smallest absolute Gasteiger partial charge is 0.276 e. The van der Waals surface area contributed by atoms with E-state index in [4.69, 9.17) is 12.2 Å². The van der Waals surface area contributed by atoms with Crippen LogP contribution in [0.5, 0.6) is 0 Å². The lowest BCUT2D eigenvalue weighted by molar-refractivity contribution is -0.384. The third-order valence-corrected chi connectivity index (χ3v) is 3.41. The van der Waals surface area contributed by atoms with E-state index >= 15 is 0 Å². The molecule has 0 aromatic heterocycles.